The molecular weight excluding hydrogens is 406 g/mol. The summed E-state index contributed by atoms with van der Waals surface area (Å²) in [7, 11) is 3.20. The Morgan fingerprint density at radius 2 is 1.56 bits per heavy atom. The lowest BCUT2D eigenvalue weighted by Crippen LogP contribution is -2.11. The molecule has 0 unspecified atom stereocenters. The van der Waals surface area contributed by atoms with Gasteiger partial charge >= 0.3 is 0 Å². The molecule has 4 rings (SSSR count). The average molecular weight is 429 g/mol. The standard InChI is InChI=1S/C23H23N7O2/c1-31-18-9-16(10-19(11-18)32-2)21-20(17-12-26-14-27-13-17)22(30-23(24)29-21)28-8-5-15-3-6-25-7-4-15/h3-4,6-7,9-14H,5,8H2,1-2H3,(H3,24,28,29,30). The largest absolute Gasteiger partial charge is 0.497 e. The third-order valence-corrected chi connectivity index (χ3v) is 4.86. The molecule has 0 aliphatic heterocycles. The molecule has 3 heterocycles. The van der Waals surface area contributed by atoms with E-state index in [0.29, 0.717) is 29.6 Å². The predicted octanol–water partition coefficient (Wildman–Crippen LogP) is 3.25. The highest BCUT2D eigenvalue weighted by Gasteiger charge is 2.19. The number of rotatable bonds is 8. The van der Waals surface area contributed by atoms with Crippen molar-refractivity contribution < 1.29 is 9.47 Å². The molecule has 0 aliphatic carbocycles. The van der Waals surface area contributed by atoms with Gasteiger partial charge in [0.25, 0.3) is 0 Å². The van der Waals surface area contributed by atoms with Crippen molar-refractivity contribution in [1.29, 1.82) is 0 Å². The molecule has 162 valence electrons. The van der Waals surface area contributed by atoms with Crippen molar-refractivity contribution in [2.24, 2.45) is 0 Å². The first-order chi connectivity index (χ1) is 15.7. The summed E-state index contributed by atoms with van der Waals surface area (Å²) in [4.78, 5) is 21.4. The number of nitrogens with one attached hydrogen (secondary N) is 1. The van der Waals surface area contributed by atoms with Gasteiger partial charge in [0.05, 0.1) is 25.5 Å². The van der Waals surface area contributed by atoms with Crippen molar-refractivity contribution in [3.63, 3.8) is 0 Å². The monoisotopic (exact) mass is 429 g/mol. The maximum absolute atomic E-state index is 6.10. The fraction of sp³-hybridized carbons (Fsp3) is 0.174. The van der Waals surface area contributed by atoms with Crippen molar-refractivity contribution in [3.05, 3.63) is 67.0 Å². The Kier molecular flexibility index (Phi) is 6.35. The second-order valence-corrected chi connectivity index (χ2v) is 6.91. The molecule has 4 aromatic rings. The van der Waals surface area contributed by atoms with Crippen LogP contribution in [0.1, 0.15) is 5.56 Å². The Balaban J connectivity index is 1.79. The van der Waals surface area contributed by atoms with Crippen LogP contribution in [0, 0.1) is 0 Å². The molecule has 3 aromatic heterocycles. The molecule has 9 nitrogen and oxygen atoms in total. The molecule has 0 amide bonds. The average Bonchev–Trinajstić information content (AvgIpc) is 2.84. The number of ether oxygens (including phenoxy) is 2. The number of nitrogens with two attached hydrogens (primary N) is 1. The van der Waals surface area contributed by atoms with Gasteiger partial charge in [-0.3, -0.25) is 4.98 Å². The van der Waals surface area contributed by atoms with E-state index >= 15 is 0 Å². The number of hydrogen-bond donors (Lipinski definition) is 2. The highest BCUT2D eigenvalue weighted by Crippen LogP contribution is 2.38. The van der Waals surface area contributed by atoms with Crippen LogP contribution in [0.15, 0.2) is 61.4 Å². The number of nitrogen functional groups attached to an aromatic ring is 1. The molecule has 0 aliphatic rings. The van der Waals surface area contributed by atoms with Crippen molar-refractivity contribution in [1.82, 2.24) is 24.9 Å². The second-order valence-electron chi connectivity index (χ2n) is 6.91. The van der Waals surface area contributed by atoms with Crippen LogP contribution in [-0.4, -0.2) is 45.7 Å². The van der Waals surface area contributed by atoms with Gasteiger partial charge in [-0.15, -0.1) is 0 Å². The Hall–Kier alpha value is -4.27. The zero-order chi connectivity index (χ0) is 22.3. The van der Waals surface area contributed by atoms with Crippen LogP contribution in [0.4, 0.5) is 11.8 Å². The maximum atomic E-state index is 6.10. The molecule has 3 N–H and O–H groups in total. The summed E-state index contributed by atoms with van der Waals surface area (Å²) < 4.78 is 10.9. The van der Waals surface area contributed by atoms with Gasteiger partial charge in [-0.2, -0.15) is 4.98 Å². The van der Waals surface area contributed by atoms with Gasteiger partial charge in [-0.25, -0.2) is 15.0 Å². The molecule has 0 saturated heterocycles. The number of anilines is 2. The van der Waals surface area contributed by atoms with E-state index in [2.05, 4.69) is 30.2 Å². The van der Waals surface area contributed by atoms with E-state index in [1.54, 1.807) is 45.1 Å². The summed E-state index contributed by atoms with van der Waals surface area (Å²) >= 11 is 0. The maximum Gasteiger partial charge on any atom is 0.222 e. The molecular formula is C23H23N7O2. The third-order valence-electron chi connectivity index (χ3n) is 4.86. The fourth-order valence-electron chi connectivity index (χ4n) is 3.34. The molecule has 0 bridgehead atoms. The van der Waals surface area contributed by atoms with Crippen LogP contribution in [0.25, 0.3) is 22.4 Å². The van der Waals surface area contributed by atoms with Crippen molar-refractivity contribution in [3.8, 4) is 33.9 Å². The minimum absolute atomic E-state index is 0.147. The summed E-state index contributed by atoms with van der Waals surface area (Å²) in [5.74, 6) is 2.02. The number of pyridine rings is 1. The summed E-state index contributed by atoms with van der Waals surface area (Å²) in [6, 6.07) is 9.51. The van der Waals surface area contributed by atoms with Crippen molar-refractivity contribution >= 4 is 11.8 Å². The molecule has 0 spiro atoms. The topological polar surface area (TPSA) is 121 Å². The molecule has 0 radical (unpaired) electrons. The van der Waals surface area contributed by atoms with Gasteiger partial charge in [0.2, 0.25) is 5.95 Å². The van der Waals surface area contributed by atoms with E-state index in [1.807, 2.05) is 24.3 Å². The van der Waals surface area contributed by atoms with Crippen LogP contribution in [0.3, 0.4) is 0 Å². The van der Waals surface area contributed by atoms with Gasteiger partial charge in [-0.1, -0.05) is 0 Å². The molecule has 9 heteroatoms. The molecule has 1 aromatic carbocycles. The number of benzene rings is 1. The van der Waals surface area contributed by atoms with Gasteiger partial charge in [0.1, 0.15) is 23.6 Å². The lowest BCUT2D eigenvalue weighted by atomic mass is 10.0. The lowest BCUT2D eigenvalue weighted by molar-refractivity contribution is 0.394. The van der Waals surface area contributed by atoms with Gasteiger partial charge in [-0.05, 0) is 36.2 Å². The minimum atomic E-state index is 0.147. The summed E-state index contributed by atoms with van der Waals surface area (Å²) in [5.41, 5.74) is 10.2. The highest BCUT2D eigenvalue weighted by atomic mass is 16.5. The normalized spacial score (nSPS) is 10.6. The molecule has 0 saturated carbocycles. The minimum Gasteiger partial charge on any atom is -0.497 e. The Bertz CT molecular complexity index is 1170. The summed E-state index contributed by atoms with van der Waals surface area (Å²) in [6.45, 7) is 0.641. The van der Waals surface area contributed by atoms with Crippen LogP contribution >= 0.6 is 0 Å². The van der Waals surface area contributed by atoms with E-state index in [9.17, 15) is 0 Å². The van der Waals surface area contributed by atoms with Gasteiger partial charge in [0, 0.05) is 48.5 Å². The van der Waals surface area contributed by atoms with Crippen molar-refractivity contribution in [2.45, 2.75) is 6.42 Å². The molecule has 32 heavy (non-hydrogen) atoms. The number of nitrogens with zero attached hydrogens (tertiary/aromatic N) is 5. The van der Waals surface area contributed by atoms with Crippen LogP contribution in [-0.2, 0) is 6.42 Å². The lowest BCUT2D eigenvalue weighted by Gasteiger charge is -2.17. The SMILES string of the molecule is COc1cc(OC)cc(-c2nc(N)nc(NCCc3ccncc3)c2-c2cncnc2)c1. The second kappa shape index (κ2) is 9.69. The summed E-state index contributed by atoms with van der Waals surface area (Å²) in [5, 5.41) is 3.40. The molecule has 0 atom stereocenters. The van der Waals surface area contributed by atoms with E-state index in [1.165, 1.54) is 6.33 Å². The van der Waals surface area contributed by atoms with E-state index in [-0.39, 0.29) is 5.95 Å². The number of methoxy groups -OCH3 is 2. The Morgan fingerprint density at radius 3 is 2.22 bits per heavy atom. The Labute approximate surface area is 185 Å². The zero-order valence-electron chi connectivity index (χ0n) is 17.8. The van der Waals surface area contributed by atoms with Gasteiger partial charge in [0.15, 0.2) is 0 Å². The molecule has 0 fully saturated rings. The quantitative estimate of drug-likeness (QED) is 0.435. The van der Waals surface area contributed by atoms with Crippen LogP contribution in [0.5, 0.6) is 11.5 Å². The zero-order valence-corrected chi connectivity index (χ0v) is 17.8. The number of aromatic nitrogens is 5. The smallest absolute Gasteiger partial charge is 0.222 e. The van der Waals surface area contributed by atoms with Crippen LogP contribution in [0.2, 0.25) is 0 Å². The van der Waals surface area contributed by atoms with E-state index in [4.69, 9.17) is 15.2 Å². The first-order valence-electron chi connectivity index (χ1n) is 9.97. The predicted molar refractivity (Wildman–Crippen MR) is 122 cm³/mol. The first-order valence-corrected chi connectivity index (χ1v) is 9.97. The van der Waals surface area contributed by atoms with E-state index < -0.39 is 0 Å². The fourth-order valence-corrected chi connectivity index (χ4v) is 3.34. The number of hydrogen-bond acceptors (Lipinski definition) is 9. The van der Waals surface area contributed by atoms with E-state index in [0.717, 1.165) is 28.7 Å². The third kappa shape index (κ3) is 4.72. The van der Waals surface area contributed by atoms with Gasteiger partial charge < -0.3 is 20.5 Å². The van der Waals surface area contributed by atoms with Crippen molar-refractivity contribution in [2.75, 3.05) is 31.8 Å². The Morgan fingerprint density at radius 1 is 0.875 bits per heavy atom. The summed E-state index contributed by atoms with van der Waals surface area (Å²) in [6.07, 6.45) is 9.26. The first kappa shape index (κ1) is 21.0. The van der Waals surface area contributed by atoms with Crippen LogP contribution < -0.4 is 20.5 Å². The highest BCUT2D eigenvalue weighted by molar-refractivity contribution is 5.89.